The fourth-order valence-corrected chi connectivity index (χ4v) is 1.63. The van der Waals surface area contributed by atoms with Crippen molar-refractivity contribution >= 4 is 5.91 Å². The Kier molecular flexibility index (Phi) is 5.77. The number of rotatable bonds is 7. The molecule has 0 bridgehead atoms. The van der Waals surface area contributed by atoms with E-state index in [4.69, 9.17) is 10.3 Å². The van der Waals surface area contributed by atoms with Crippen molar-refractivity contribution in [3.05, 3.63) is 11.7 Å². The third-order valence-electron chi connectivity index (χ3n) is 2.73. The van der Waals surface area contributed by atoms with E-state index in [9.17, 15) is 4.79 Å². The Morgan fingerprint density at radius 3 is 2.72 bits per heavy atom. The predicted molar refractivity (Wildman–Crippen MR) is 67.5 cm³/mol. The first-order valence-corrected chi connectivity index (χ1v) is 6.31. The third kappa shape index (κ3) is 5.27. The molecule has 1 aromatic rings. The van der Waals surface area contributed by atoms with Crippen LogP contribution in [0.25, 0.3) is 0 Å². The molecular formula is C12H22N4O2. The second kappa shape index (κ2) is 7.10. The van der Waals surface area contributed by atoms with Crippen molar-refractivity contribution in [3.63, 3.8) is 0 Å². The quantitative estimate of drug-likeness (QED) is 0.761. The number of nitrogens with zero attached hydrogens (tertiary/aromatic N) is 2. The molecule has 2 atom stereocenters. The first-order chi connectivity index (χ1) is 8.49. The molecule has 0 radical (unpaired) electrons. The van der Waals surface area contributed by atoms with Crippen LogP contribution in [0, 0.1) is 12.8 Å². The van der Waals surface area contributed by atoms with Gasteiger partial charge in [0.15, 0.2) is 5.82 Å². The van der Waals surface area contributed by atoms with Crippen LogP contribution in [0.1, 0.15) is 44.8 Å². The summed E-state index contributed by atoms with van der Waals surface area (Å²) >= 11 is 0. The molecule has 0 aliphatic carbocycles. The van der Waals surface area contributed by atoms with Crippen molar-refractivity contribution < 1.29 is 9.32 Å². The predicted octanol–water partition coefficient (Wildman–Crippen LogP) is 1.15. The zero-order chi connectivity index (χ0) is 13.5. The molecule has 0 aromatic carbocycles. The Hall–Kier alpha value is -1.43. The summed E-state index contributed by atoms with van der Waals surface area (Å²) < 4.78 is 4.91. The van der Waals surface area contributed by atoms with Gasteiger partial charge in [0, 0.05) is 12.0 Å². The van der Waals surface area contributed by atoms with E-state index in [2.05, 4.69) is 15.5 Å². The summed E-state index contributed by atoms with van der Waals surface area (Å²) in [5.41, 5.74) is 5.66. The molecule has 2 unspecified atom stereocenters. The topological polar surface area (TPSA) is 94.0 Å². The van der Waals surface area contributed by atoms with Crippen LogP contribution in [0.3, 0.4) is 0 Å². The van der Waals surface area contributed by atoms with E-state index in [-0.39, 0.29) is 24.4 Å². The van der Waals surface area contributed by atoms with Gasteiger partial charge in [0.1, 0.15) is 0 Å². The standard InChI is InChI=1S/C12H22N4O2/c1-8(5-4-6-9(2)13)12(17)14-7-11-15-10(3)16-18-11/h8-9H,4-7,13H2,1-3H3,(H,14,17). The molecule has 1 aromatic heterocycles. The number of carbonyl (C=O) groups is 1. The number of amides is 1. The van der Waals surface area contributed by atoms with E-state index in [1.807, 2.05) is 13.8 Å². The van der Waals surface area contributed by atoms with Gasteiger partial charge >= 0.3 is 0 Å². The number of carbonyl (C=O) groups excluding carboxylic acids is 1. The summed E-state index contributed by atoms with van der Waals surface area (Å²) in [6.07, 6.45) is 2.75. The minimum atomic E-state index is -0.0206. The zero-order valence-electron chi connectivity index (χ0n) is 11.3. The Morgan fingerprint density at radius 2 is 2.17 bits per heavy atom. The zero-order valence-corrected chi connectivity index (χ0v) is 11.3. The van der Waals surface area contributed by atoms with Crippen LogP contribution in [-0.2, 0) is 11.3 Å². The summed E-state index contributed by atoms with van der Waals surface area (Å²) in [5, 5.41) is 6.44. The molecule has 3 N–H and O–H groups in total. The van der Waals surface area contributed by atoms with Crippen LogP contribution in [0.5, 0.6) is 0 Å². The second-order valence-electron chi connectivity index (χ2n) is 4.76. The van der Waals surface area contributed by atoms with Gasteiger partial charge in [-0.2, -0.15) is 4.98 Å². The van der Waals surface area contributed by atoms with Crippen LogP contribution >= 0.6 is 0 Å². The van der Waals surface area contributed by atoms with Crippen molar-refractivity contribution in [1.29, 1.82) is 0 Å². The fourth-order valence-electron chi connectivity index (χ4n) is 1.63. The maximum atomic E-state index is 11.8. The Bertz CT molecular complexity index is 376. The van der Waals surface area contributed by atoms with E-state index < -0.39 is 0 Å². The minimum Gasteiger partial charge on any atom is -0.347 e. The first kappa shape index (κ1) is 14.6. The van der Waals surface area contributed by atoms with Gasteiger partial charge in [0.2, 0.25) is 11.8 Å². The highest BCUT2D eigenvalue weighted by molar-refractivity contribution is 5.78. The van der Waals surface area contributed by atoms with Crippen molar-refractivity contribution in [2.75, 3.05) is 0 Å². The van der Waals surface area contributed by atoms with Crippen LogP contribution in [0.4, 0.5) is 0 Å². The second-order valence-corrected chi connectivity index (χ2v) is 4.76. The summed E-state index contributed by atoms with van der Waals surface area (Å²) in [6.45, 7) is 5.92. The number of nitrogens with one attached hydrogen (secondary N) is 1. The SMILES string of the molecule is Cc1noc(CNC(=O)C(C)CCCC(C)N)n1. The molecule has 1 heterocycles. The smallest absolute Gasteiger partial charge is 0.246 e. The minimum absolute atomic E-state index is 0.00975. The van der Waals surface area contributed by atoms with Gasteiger partial charge in [0.05, 0.1) is 6.54 Å². The number of hydrogen-bond acceptors (Lipinski definition) is 5. The van der Waals surface area contributed by atoms with E-state index in [1.165, 1.54) is 0 Å². The largest absolute Gasteiger partial charge is 0.347 e. The van der Waals surface area contributed by atoms with Crippen LogP contribution < -0.4 is 11.1 Å². The third-order valence-corrected chi connectivity index (χ3v) is 2.73. The van der Waals surface area contributed by atoms with Gasteiger partial charge < -0.3 is 15.6 Å². The molecule has 6 heteroatoms. The van der Waals surface area contributed by atoms with E-state index in [0.29, 0.717) is 11.7 Å². The summed E-state index contributed by atoms with van der Waals surface area (Å²) in [7, 11) is 0. The molecular weight excluding hydrogens is 232 g/mol. The van der Waals surface area contributed by atoms with Gasteiger partial charge in [-0.15, -0.1) is 0 Å². The normalized spacial score (nSPS) is 14.2. The molecule has 1 rings (SSSR count). The Balaban J connectivity index is 2.23. The van der Waals surface area contributed by atoms with Crippen molar-refractivity contribution in [1.82, 2.24) is 15.5 Å². The average Bonchev–Trinajstić information content (AvgIpc) is 2.71. The monoisotopic (exact) mass is 254 g/mol. The van der Waals surface area contributed by atoms with Gasteiger partial charge in [-0.05, 0) is 26.7 Å². The van der Waals surface area contributed by atoms with Crippen LogP contribution in [0.2, 0.25) is 0 Å². The summed E-state index contributed by atoms with van der Waals surface area (Å²) in [6, 6.07) is 0.196. The Labute approximate surface area is 107 Å². The van der Waals surface area contributed by atoms with Crippen molar-refractivity contribution in [2.24, 2.45) is 11.7 Å². The summed E-state index contributed by atoms with van der Waals surface area (Å²) in [5.74, 6) is 0.996. The van der Waals surface area contributed by atoms with Crippen molar-refractivity contribution in [3.8, 4) is 0 Å². The lowest BCUT2D eigenvalue weighted by Gasteiger charge is -2.11. The van der Waals surface area contributed by atoms with Crippen molar-refractivity contribution in [2.45, 2.75) is 52.6 Å². The number of aromatic nitrogens is 2. The molecule has 0 fully saturated rings. The highest BCUT2D eigenvalue weighted by Gasteiger charge is 2.13. The fraction of sp³-hybridized carbons (Fsp3) is 0.750. The molecule has 102 valence electrons. The van der Waals surface area contributed by atoms with Gasteiger partial charge in [-0.3, -0.25) is 4.79 Å². The average molecular weight is 254 g/mol. The highest BCUT2D eigenvalue weighted by Crippen LogP contribution is 2.09. The molecule has 0 spiro atoms. The van der Waals surface area contributed by atoms with Gasteiger partial charge in [0.25, 0.3) is 0 Å². The van der Waals surface area contributed by atoms with E-state index >= 15 is 0 Å². The lowest BCUT2D eigenvalue weighted by molar-refractivity contribution is -0.125. The van der Waals surface area contributed by atoms with E-state index in [0.717, 1.165) is 19.3 Å². The maximum absolute atomic E-state index is 11.8. The Morgan fingerprint density at radius 1 is 1.44 bits per heavy atom. The molecule has 0 saturated carbocycles. The molecule has 0 aliphatic rings. The van der Waals surface area contributed by atoms with Gasteiger partial charge in [-0.1, -0.05) is 18.5 Å². The van der Waals surface area contributed by atoms with E-state index in [1.54, 1.807) is 6.92 Å². The maximum Gasteiger partial charge on any atom is 0.246 e. The number of nitrogens with two attached hydrogens (primary N) is 1. The number of aryl methyl sites for hydroxylation is 1. The summed E-state index contributed by atoms with van der Waals surface area (Å²) in [4.78, 5) is 15.8. The first-order valence-electron chi connectivity index (χ1n) is 6.31. The van der Waals surface area contributed by atoms with Gasteiger partial charge in [-0.25, -0.2) is 0 Å². The molecule has 0 saturated heterocycles. The van der Waals surface area contributed by atoms with Crippen LogP contribution in [0.15, 0.2) is 4.52 Å². The lowest BCUT2D eigenvalue weighted by Crippen LogP contribution is -2.29. The molecule has 6 nitrogen and oxygen atoms in total. The molecule has 1 amide bonds. The van der Waals surface area contributed by atoms with Crippen LogP contribution in [-0.4, -0.2) is 22.1 Å². The lowest BCUT2D eigenvalue weighted by atomic mass is 10.0. The highest BCUT2D eigenvalue weighted by atomic mass is 16.5. The molecule has 18 heavy (non-hydrogen) atoms. The number of hydrogen-bond donors (Lipinski definition) is 2. The molecule has 0 aliphatic heterocycles.